The second kappa shape index (κ2) is 11.1. The van der Waals surface area contributed by atoms with Gasteiger partial charge >= 0.3 is 6.01 Å². The molecule has 212 valence electrons. The first-order chi connectivity index (χ1) is 19.4. The van der Waals surface area contributed by atoms with E-state index in [0.29, 0.717) is 22.6 Å². The Labute approximate surface area is 235 Å². The Hall–Kier alpha value is -3.56. The Morgan fingerprint density at radius 2 is 1.70 bits per heavy atom. The van der Waals surface area contributed by atoms with E-state index in [2.05, 4.69) is 43.3 Å². The molecular weight excluding hydrogens is 504 g/mol. The molecule has 4 N–H and O–H groups in total. The lowest BCUT2D eigenvalue weighted by Crippen LogP contribution is -2.46. The molecule has 0 unspecified atom stereocenters. The third-order valence-corrected chi connectivity index (χ3v) is 8.92. The molecular formula is C31H40N6O3. The summed E-state index contributed by atoms with van der Waals surface area (Å²) in [6.07, 6.45) is 8.46. The van der Waals surface area contributed by atoms with E-state index in [9.17, 15) is 15.3 Å². The lowest BCUT2D eigenvalue weighted by molar-refractivity contribution is 0.107. The van der Waals surface area contributed by atoms with E-state index in [-0.39, 0.29) is 23.4 Å². The number of phenols is 2. The van der Waals surface area contributed by atoms with Crippen molar-refractivity contribution in [3.05, 3.63) is 48.2 Å². The number of aromatic hydroxyl groups is 3. The number of fused-ring (bicyclic) bond motifs is 1. The fourth-order valence-corrected chi connectivity index (χ4v) is 6.55. The Balaban J connectivity index is 1.18. The van der Waals surface area contributed by atoms with E-state index in [1.54, 1.807) is 6.07 Å². The first-order valence-corrected chi connectivity index (χ1v) is 14.6. The molecule has 2 aromatic heterocycles. The second-order valence-electron chi connectivity index (χ2n) is 11.7. The minimum Gasteiger partial charge on any atom is -0.508 e. The van der Waals surface area contributed by atoms with E-state index in [4.69, 9.17) is 0 Å². The van der Waals surface area contributed by atoms with Crippen LogP contribution in [0.25, 0.3) is 28.0 Å². The molecule has 40 heavy (non-hydrogen) atoms. The molecule has 2 aliphatic rings. The van der Waals surface area contributed by atoms with Crippen molar-refractivity contribution in [1.82, 2.24) is 29.5 Å². The van der Waals surface area contributed by atoms with Crippen LogP contribution < -0.4 is 5.32 Å². The third kappa shape index (κ3) is 5.15. The van der Waals surface area contributed by atoms with Gasteiger partial charge in [-0.05, 0) is 106 Å². The summed E-state index contributed by atoms with van der Waals surface area (Å²) in [4.78, 5) is 2.72. The van der Waals surface area contributed by atoms with Gasteiger partial charge in [0.2, 0.25) is 0 Å². The number of piperidine rings is 2. The highest BCUT2D eigenvalue weighted by atomic mass is 16.3. The number of hydrogen-bond donors (Lipinski definition) is 4. The zero-order valence-electron chi connectivity index (χ0n) is 23.4. The summed E-state index contributed by atoms with van der Waals surface area (Å²) in [5.41, 5.74) is 2.94. The largest absolute Gasteiger partial charge is 0.508 e. The Morgan fingerprint density at radius 3 is 2.45 bits per heavy atom. The number of aryl methyl sites for hydroxylation is 1. The van der Waals surface area contributed by atoms with Crippen LogP contribution in [0.2, 0.25) is 0 Å². The van der Waals surface area contributed by atoms with Crippen LogP contribution in [0.1, 0.15) is 57.4 Å². The molecule has 2 fully saturated rings. The van der Waals surface area contributed by atoms with Crippen LogP contribution in [-0.2, 0) is 6.54 Å². The Bertz CT molecular complexity index is 1480. The molecule has 2 aliphatic heterocycles. The summed E-state index contributed by atoms with van der Waals surface area (Å²) in [5.74, 6) is 1.03. The summed E-state index contributed by atoms with van der Waals surface area (Å²) < 4.78 is 3.86. The van der Waals surface area contributed by atoms with Gasteiger partial charge in [0.15, 0.2) is 5.82 Å². The molecule has 2 aromatic carbocycles. The van der Waals surface area contributed by atoms with Gasteiger partial charge in [0.25, 0.3) is 0 Å². The van der Waals surface area contributed by atoms with Gasteiger partial charge in [0, 0.05) is 35.8 Å². The minimum absolute atomic E-state index is 0.0293. The highest BCUT2D eigenvalue weighted by Crippen LogP contribution is 2.39. The summed E-state index contributed by atoms with van der Waals surface area (Å²) in [7, 11) is 0. The lowest BCUT2D eigenvalue weighted by atomic mass is 9.91. The Kier molecular flexibility index (Phi) is 7.42. The summed E-state index contributed by atoms with van der Waals surface area (Å²) in [5, 5.41) is 44.1. The molecule has 4 aromatic rings. The van der Waals surface area contributed by atoms with Gasteiger partial charge < -0.3 is 30.1 Å². The maximum Gasteiger partial charge on any atom is 0.319 e. The number of phenolic OH excluding ortho intramolecular Hbond substituents is 2. The maximum absolute atomic E-state index is 10.6. The molecule has 9 heteroatoms. The molecule has 4 heterocycles. The standard InChI is InChI=1S/C31H40N6O3/c1-20(2)25-18-26(29(39)19-28(25)38)30-33-34-31(40)37(30)24-3-4-27-22(17-24)10-16-36(27)15-9-21-7-13-35(14-8-21)23-5-11-32-12-6-23/h3-4,10,16-21,23,32,38-39H,5-9,11-15H2,1-2H3,(H,34,40). The van der Waals surface area contributed by atoms with Crippen molar-refractivity contribution in [3.63, 3.8) is 0 Å². The highest BCUT2D eigenvalue weighted by Gasteiger charge is 2.26. The van der Waals surface area contributed by atoms with Crippen molar-refractivity contribution in [1.29, 1.82) is 0 Å². The zero-order valence-corrected chi connectivity index (χ0v) is 23.4. The third-order valence-electron chi connectivity index (χ3n) is 8.92. The summed E-state index contributed by atoms with van der Waals surface area (Å²) >= 11 is 0. The predicted octanol–water partition coefficient (Wildman–Crippen LogP) is 4.98. The molecule has 0 aliphatic carbocycles. The second-order valence-corrected chi connectivity index (χ2v) is 11.7. The van der Waals surface area contributed by atoms with Crippen molar-refractivity contribution in [3.8, 4) is 34.6 Å². The first-order valence-electron chi connectivity index (χ1n) is 14.6. The molecule has 6 rings (SSSR count). The predicted molar refractivity (Wildman–Crippen MR) is 156 cm³/mol. The van der Waals surface area contributed by atoms with Gasteiger partial charge in [-0.3, -0.25) is 0 Å². The van der Waals surface area contributed by atoms with E-state index in [1.165, 1.54) is 55.8 Å². The number of nitrogens with one attached hydrogen (secondary N) is 1. The molecule has 9 nitrogen and oxygen atoms in total. The van der Waals surface area contributed by atoms with Crippen molar-refractivity contribution < 1.29 is 15.3 Å². The molecule has 2 saturated heterocycles. The van der Waals surface area contributed by atoms with Crippen LogP contribution in [0.15, 0.2) is 42.6 Å². The summed E-state index contributed by atoms with van der Waals surface area (Å²) in [6, 6.07) is 11.7. The molecule has 0 radical (unpaired) electrons. The van der Waals surface area contributed by atoms with Crippen LogP contribution in [0.5, 0.6) is 17.5 Å². The molecule has 0 spiro atoms. The monoisotopic (exact) mass is 544 g/mol. The molecule has 0 bridgehead atoms. The SMILES string of the molecule is CC(C)c1cc(-c2nnc(O)n2-c2ccc3c(ccn3CCC3CCN(C4CCNCC4)CC3)c2)c(O)cc1O. The molecule has 0 atom stereocenters. The zero-order chi connectivity index (χ0) is 27.8. The van der Waals surface area contributed by atoms with E-state index < -0.39 is 0 Å². The number of likely N-dealkylation sites (tertiary alicyclic amines) is 1. The van der Waals surface area contributed by atoms with E-state index in [1.807, 2.05) is 26.0 Å². The quantitative estimate of drug-likeness (QED) is 0.260. The van der Waals surface area contributed by atoms with Crippen LogP contribution >= 0.6 is 0 Å². The smallest absolute Gasteiger partial charge is 0.319 e. The van der Waals surface area contributed by atoms with Gasteiger partial charge in [-0.15, -0.1) is 5.10 Å². The normalized spacial score (nSPS) is 17.8. The van der Waals surface area contributed by atoms with E-state index in [0.717, 1.165) is 42.5 Å². The minimum atomic E-state index is -0.261. The average molecular weight is 545 g/mol. The van der Waals surface area contributed by atoms with Crippen LogP contribution in [-0.4, -0.2) is 71.8 Å². The van der Waals surface area contributed by atoms with Crippen molar-refractivity contribution in [2.24, 2.45) is 5.92 Å². The van der Waals surface area contributed by atoms with Crippen molar-refractivity contribution >= 4 is 10.9 Å². The average Bonchev–Trinajstić information content (AvgIpc) is 3.55. The van der Waals surface area contributed by atoms with Crippen molar-refractivity contribution in [2.45, 2.75) is 64.5 Å². The summed E-state index contributed by atoms with van der Waals surface area (Å²) in [6.45, 7) is 9.69. The van der Waals surface area contributed by atoms with Crippen molar-refractivity contribution in [2.75, 3.05) is 26.2 Å². The highest BCUT2D eigenvalue weighted by molar-refractivity contribution is 5.83. The van der Waals surface area contributed by atoms with Gasteiger partial charge in [0.05, 0.1) is 11.3 Å². The van der Waals surface area contributed by atoms with Crippen LogP contribution in [0.4, 0.5) is 0 Å². The topological polar surface area (TPSA) is 112 Å². The molecule has 0 amide bonds. The molecule has 0 saturated carbocycles. The lowest BCUT2D eigenvalue weighted by Gasteiger charge is -2.39. The number of benzene rings is 2. The number of nitrogens with zero attached hydrogens (tertiary/aromatic N) is 5. The van der Waals surface area contributed by atoms with E-state index >= 15 is 0 Å². The van der Waals surface area contributed by atoms with Crippen LogP contribution in [0, 0.1) is 5.92 Å². The Morgan fingerprint density at radius 1 is 0.925 bits per heavy atom. The first kappa shape index (κ1) is 26.7. The van der Waals surface area contributed by atoms with Gasteiger partial charge in [-0.25, -0.2) is 4.57 Å². The number of hydrogen-bond acceptors (Lipinski definition) is 7. The number of rotatable bonds is 7. The van der Waals surface area contributed by atoms with Gasteiger partial charge in [0.1, 0.15) is 11.5 Å². The maximum atomic E-state index is 10.6. The fourth-order valence-electron chi connectivity index (χ4n) is 6.55. The van der Waals surface area contributed by atoms with Gasteiger partial charge in [-0.2, -0.15) is 0 Å². The van der Waals surface area contributed by atoms with Gasteiger partial charge in [-0.1, -0.05) is 18.9 Å². The van der Waals surface area contributed by atoms with Crippen LogP contribution in [0.3, 0.4) is 0 Å². The number of aromatic nitrogens is 4. The fraction of sp³-hybridized carbons (Fsp3) is 0.484.